The molecule has 1 fully saturated rings. The molecule has 7 heteroatoms. The second-order valence-corrected chi connectivity index (χ2v) is 5.94. The van der Waals surface area contributed by atoms with Crippen molar-refractivity contribution >= 4 is 18.0 Å². The van der Waals surface area contributed by atoms with E-state index in [-0.39, 0.29) is 6.04 Å². The summed E-state index contributed by atoms with van der Waals surface area (Å²) in [6, 6.07) is 5.38. The predicted molar refractivity (Wildman–Crippen MR) is 94.9 cm³/mol. The van der Waals surface area contributed by atoms with E-state index >= 15 is 0 Å². The highest BCUT2D eigenvalue weighted by atomic mass is 16.5. The molecule has 1 aromatic rings. The summed E-state index contributed by atoms with van der Waals surface area (Å²) in [5, 5.41) is 6.62. The van der Waals surface area contributed by atoms with E-state index in [1.54, 1.807) is 25.3 Å². The lowest BCUT2D eigenvalue weighted by molar-refractivity contribution is -0.139. The second kappa shape index (κ2) is 9.66. The van der Waals surface area contributed by atoms with E-state index in [0.717, 1.165) is 25.7 Å². The van der Waals surface area contributed by atoms with Crippen molar-refractivity contribution in [1.29, 1.82) is 0 Å². The van der Waals surface area contributed by atoms with Crippen molar-refractivity contribution in [1.82, 2.24) is 10.7 Å². The first-order chi connectivity index (χ1) is 12.2. The van der Waals surface area contributed by atoms with Gasteiger partial charge in [0.25, 0.3) is 0 Å². The molecule has 0 heterocycles. The van der Waals surface area contributed by atoms with E-state index in [0.29, 0.717) is 17.1 Å². The normalized spacial score (nSPS) is 15.4. The first-order valence-corrected chi connectivity index (χ1v) is 8.50. The molecule has 0 spiro atoms. The quantitative estimate of drug-likeness (QED) is 0.369. The van der Waals surface area contributed by atoms with E-state index in [1.807, 2.05) is 0 Å². The Morgan fingerprint density at radius 1 is 1.08 bits per heavy atom. The van der Waals surface area contributed by atoms with Crippen molar-refractivity contribution in [2.45, 2.75) is 44.6 Å². The van der Waals surface area contributed by atoms with E-state index in [9.17, 15) is 9.59 Å². The molecule has 2 N–H and O–H groups in total. The van der Waals surface area contributed by atoms with E-state index in [2.05, 4.69) is 15.8 Å². The average Bonchev–Trinajstić information content (AvgIpc) is 2.89. The Labute approximate surface area is 147 Å². The predicted octanol–water partition coefficient (Wildman–Crippen LogP) is 1.99. The maximum absolute atomic E-state index is 11.9. The molecule has 0 aliphatic heterocycles. The number of nitrogens with one attached hydrogen (secondary N) is 2. The van der Waals surface area contributed by atoms with Gasteiger partial charge >= 0.3 is 11.8 Å². The molecule has 0 saturated heterocycles. The highest BCUT2D eigenvalue weighted by molar-refractivity contribution is 6.35. The maximum Gasteiger partial charge on any atom is 0.329 e. The fourth-order valence-corrected chi connectivity index (χ4v) is 2.90. The van der Waals surface area contributed by atoms with Gasteiger partial charge in [-0.15, -0.1) is 0 Å². The third-order valence-electron chi connectivity index (χ3n) is 4.20. The Bertz CT molecular complexity index is 623. The zero-order chi connectivity index (χ0) is 18.1. The summed E-state index contributed by atoms with van der Waals surface area (Å²) in [7, 11) is 3.06. The lowest BCUT2D eigenvalue weighted by Crippen LogP contribution is -2.43. The summed E-state index contributed by atoms with van der Waals surface area (Å²) in [6.45, 7) is 0. The molecule has 1 saturated carbocycles. The van der Waals surface area contributed by atoms with Crippen LogP contribution < -0.4 is 20.2 Å². The van der Waals surface area contributed by atoms with Crippen LogP contribution in [0.3, 0.4) is 0 Å². The number of hydrogen-bond donors (Lipinski definition) is 2. The first kappa shape index (κ1) is 18.8. The molecule has 0 aromatic heterocycles. The summed E-state index contributed by atoms with van der Waals surface area (Å²) >= 11 is 0. The first-order valence-electron chi connectivity index (χ1n) is 8.50. The molecule has 2 amide bonds. The summed E-state index contributed by atoms with van der Waals surface area (Å²) in [4.78, 5) is 23.8. The fourth-order valence-electron chi connectivity index (χ4n) is 2.90. The van der Waals surface area contributed by atoms with Crippen molar-refractivity contribution in [3.63, 3.8) is 0 Å². The minimum absolute atomic E-state index is 0.0724. The molecule has 0 atom stereocenters. The number of rotatable bonds is 5. The Kier molecular flexibility index (Phi) is 7.25. The SMILES string of the molecule is COc1cccc(/C=N\NC(=O)C(=O)NC2CCCCCC2)c1OC. The van der Waals surface area contributed by atoms with Crippen LogP contribution in [0.25, 0.3) is 0 Å². The molecule has 136 valence electrons. The fraction of sp³-hybridized carbons (Fsp3) is 0.500. The van der Waals surface area contributed by atoms with Crippen LogP contribution in [0.2, 0.25) is 0 Å². The van der Waals surface area contributed by atoms with Gasteiger partial charge in [0.1, 0.15) is 0 Å². The van der Waals surface area contributed by atoms with Crippen molar-refractivity contribution in [2.24, 2.45) is 5.10 Å². The zero-order valence-electron chi connectivity index (χ0n) is 14.7. The van der Waals surface area contributed by atoms with Gasteiger partial charge in [0.05, 0.1) is 20.4 Å². The number of hydrogen-bond acceptors (Lipinski definition) is 5. The Morgan fingerprint density at radius 2 is 1.80 bits per heavy atom. The summed E-state index contributed by atoms with van der Waals surface area (Å²) in [5.41, 5.74) is 2.88. The number of hydrazone groups is 1. The second-order valence-electron chi connectivity index (χ2n) is 5.94. The van der Waals surface area contributed by atoms with E-state index < -0.39 is 11.8 Å². The summed E-state index contributed by atoms with van der Waals surface area (Å²) in [5.74, 6) is -0.362. The molecule has 1 aliphatic carbocycles. The van der Waals surface area contributed by atoms with Gasteiger partial charge in [0, 0.05) is 11.6 Å². The number of ether oxygens (including phenoxy) is 2. The molecule has 7 nitrogen and oxygen atoms in total. The molecule has 0 bridgehead atoms. The Balaban J connectivity index is 1.90. The zero-order valence-corrected chi connectivity index (χ0v) is 14.7. The van der Waals surface area contributed by atoms with Crippen molar-refractivity contribution in [2.75, 3.05) is 14.2 Å². The highest BCUT2D eigenvalue weighted by Gasteiger charge is 2.19. The molecular formula is C18H25N3O4. The third kappa shape index (κ3) is 5.48. The van der Waals surface area contributed by atoms with Gasteiger partial charge in [-0.3, -0.25) is 9.59 Å². The van der Waals surface area contributed by atoms with Gasteiger partial charge in [0.2, 0.25) is 0 Å². The van der Waals surface area contributed by atoms with Gasteiger partial charge in [-0.25, -0.2) is 5.43 Å². The van der Waals surface area contributed by atoms with Crippen LogP contribution in [0.1, 0.15) is 44.1 Å². The minimum Gasteiger partial charge on any atom is -0.493 e. The van der Waals surface area contributed by atoms with Gasteiger partial charge in [-0.05, 0) is 25.0 Å². The minimum atomic E-state index is -0.776. The highest BCUT2D eigenvalue weighted by Crippen LogP contribution is 2.29. The topological polar surface area (TPSA) is 89.0 Å². The van der Waals surface area contributed by atoms with E-state index in [4.69, 9.17) is 9.47 Å². The van der Waals surface area contributed by atoms with Crippen molar-refractivity contribution in [3.05, 3.63) is 23.8 Å². The number of amides is 2. The molecular weight excluding hydrogens is 322 g/mol. The molecule has 1 aliphatic rings. The Morgan fingerprint density at radius 3 is 2.44 bits per heavy atom. The molecule has 0 radical (unpaired) electrons. The Hall–Kier alpha value is -2.57. The number of methoxy groups -OCH3 is 2. The number of nitrogens with zero attached hydrogens (tertiary/aromatic N) is 1. The van der Waals surface area contributed by atoms with Crippen LogP contribution in [0.15, 0.2) is 23.3 Å². The van der Waals surface area contributed by atoms with Crippen molar-refractivity contribution < 1.29 is 19.1 Å². The van der Waals surface area contributed by atoms with Gasteiger partial charge < -0.3 is 14.8 Å². The van der Waals surface area contributed by atoms with Crippen LogP contribution in [0, 0.1) is 0 Å². The lowest BCUT2D eigenvalue weighted by Gasteiger charge is -2.15. The molecule has 2 rings (SSSR count). The van der Waals surface area contributed by atoms with Crippen LogP contribution in [-0.4, -0.2) is 38.3 Å². The number of carbonyl (C=O) groups excluding carboxylic acids is 2. The molecule has 25 heavy (non-hydrogen) atoms. The molecule has 0 unspecified atom stereocenters. The summed E-state index contributed by atoms with van der Waals surface area (Å²) in [6.07, 6.45) is 7.79. The van der Waals surface area contributed by atoms with Crippen LogP contribution in [0.4, 0.5) is 0 Å². The number of para-hydroxylation sites is 1. The average molecular weight is 347 g/mol. The number of carbonyl (C=O) groups is 2. The molecule has 1 aromatic carbocycles. The van der Waals surface area contributed by atoms with Crippen LogP contribution in [0.5, 0.6) is 11.5 Å². The number of benzene rings is 1. The van der Waals surface area contributed by atoms with Crippen LogP contribution in [-0.2, 0) is 9.59 Å². The largest absolute Gasteiger partial charge is 0.493 e. The standard InChI is InChI=1S/C18H25N3O4/c1-24-15-11-7-8-13(16(15)25-2)12-19-21-18(23)17(22)20-14-9-5-3-4-6-10-14/h7-8,11-12,14H,3-6,9-10H2,1-2H3,(H,20,22)(H,21,23)/b19-12-. The van der Waals surface area contributed by atoms with Crippen molar-refractivity contribution in [3.8, 4) is 11.5 Å². The van der Waals surface area contributed by atoms with Crippen LogP contribution >= 0.6 is 0 Å². The monoisotopic (exact) mass is 347 g/mol. The smallest absolute Gasteiger partial charge is 0.329 e. The maximum atomic E-state index is 11.9. The third-order valence-corrected chi connectivity index (χ3v) is 4.20. The van der Waals surface area contributed by atoms with Gasteiger partial charge in [-0.2, -0.15) is 5.10 Å². The van der Waals surface area contributed by atoms with Gasteiger partial charge in [0.15, 0.2) is 11.5 Å². The lowest BCUT2D eigenvalue weighted by atomic mass is 10.1. The summed E-state index contributed by atoms with van der Waals surface area (Å²) < 4.78 is 10.5. The van der Waals surface area contributed by atoms with E-state index in [1.165, 1.54) is 26.2 Å². The van der Waals surface area contributed by atoms with Gasteiger partial charge in [-0.1, -0.05) is 31.7 Å².